The first-order chi connectivity index (χ1) is 8.61. The van der Waals surface area contributed by atoms with Gasteiger partial charge in [0.25, 0.3) is 0 Å². The van der Waals surface area contributed by atoms with Gasteiger partial charge in [-0.15, -0.1) is 0 Å². The second kappa shape index (κ2) is 8.91. The number of ether oxygens (including phenoxy) is 1. The summed E-state index contributed by atoms with van der Waals surface area (Å²) in [5, 5.41) is 3.37. The molecule has 5 heteroatoms. The van der Waals surface area contributed by atoms with Crippen LogP contribution in [0.1, 0.15) is 6.42 Å². The highest BCUT2D eigenvalue weighted by atomic mass is 79.9. The van der Waals surface area contributed by atoms with Crippen molar-refractivity contribution < 1.29 is 4.74 Å². The molecule has 1 aromatic carbocycles. The molecule has 102 valence electrons. The number of para-hydroxylation sites is 1. The van der Waals surface area contributed by atoms with Crippen molar-refractivity contribution in [3.63, 3.8) is 0 Å². The number of rotatable bonds is 8. The van der Waals surface area contributed by atoms with Gasteiger partial charge in [-0.25, -0.2) is 0 Å². The molecule has 0 heterocycles. The van der Waals surface area contributed by atoms with Crippen molar-refractivity contribution in [2.45, 2.75) is 6.42 Å². The maximum atomic E-state index is 5.73. The minimum absolute atomic E-state index is 0.670. The number of halogens is 2. The second-order valence-corrected chi connectivity index (χ2v) is 6.01. The average Bonchev–Trinajstić information content (AvgIpc) is 2.30. The minimum Gasteiger partial charge on any atom is -0.490 e. The van der Waals surface area contributed by atoms with Gasteiger partial charge >= 0.3 is 0 Å². The fourth-order valence-electron chi connectivity index (χ4n) is 1.49. The lowest BCUT2D eigenvalue weighted by atomic mass is 10.3. The molecule has 0 aliphatic carbocycles. The molecule has 1 aromatic rings. The number of benzene rings is 1. The van der Waals surface area contributed by atoms with Crippen LogP contribution in [0.15, 0.2) is 27.1 Å². The third kappa shape index (κ3) is 6.18. The van der Waals surface area contributed by atoms with Gasteiger partial charge in [-0.3, -0.25) is 0 Å². The molecule has 0 unspecified atom stereocenters. The van der Waals surface area contributed by atoms with Gasteiger partial charge < -0.3 is 15.0 Å². The molecule has 0 amide bonds. The van der Waals surface area contributed by atoms with Crippen LogP contribution in [0.3, 0.4) is 0 Å². The van der Waals surface area contributed by atoms with E-state index in [1.54, 1.807) is 0 Å². The Balaban J connectivity index is 2.14. The summed E-state index contributed by atoms with van der Waals surface area (Å²) in [6.07, 6.45) is 1.16. The van der Waals surface area contributed by atoms with E-state index in [0.29, 0.717) is 6.61 Å². The molecule has 3 nitrogen and oxygen atoms in total. The van der Waals surface area contributed by atoms with Crippen molar-refractivity contribution in [3.05, 3.63) is 27.1 Å². The first-order valence-electron chi connectivity index (χ1n) is 6.03. The van der Waals surface area contributed by atoms with Gasteiger partial charge in [-0.1, -0.05) is 6.07 Å². The van der Waals surface area contributed by atoms with Gasteiger partial charge in [-0.05, 0) is 77.6 Å². The van der Waals surface area contributed by atoms with Gasteiger partial charge in [-0.2, -0.15) is 0 Å². The monoisotopic (exact) mass is 378 g/mol. The Bertz CT molecular complexity index is 339. The first-order valence-corrected chi connectivity index (χ1v) is 7.62. The lowest BCUT2D eigenvalue weighted by Crippen LogP contribution is -2.25. The van der Waals surface area contributed by atoms with Crippen LogP contribution in [0.5, 0.6) is 5.75 Å². The van der Waals surface area contributed by atoms with E-state index in [1.165, 1.54) is 0 Å². The Morgan fingerprint density at radius 3 is 2.44 bits per heavy atom. The highest BCUT2D eigenvalue weighted by molar-refractivity contribution is 9.11. The molecule has 0 fully saturated rings. The molecule has 0 aliphatic heterocycles. The van der Waals surface area contributed by atoms with E-state index in [-0.39, 0.29) is 0 Å². The standard InChI is InChI=1S/C13H20Br2N2O/c1-17(2)9-4-7-16-8-10-18-13-11(14)5-3-6-12(13)15/h3,5-6,16H,4,7-10H2,1-2H3. The smallest absolute Gasteiger partial charge is 0.147 e. The highest BCUT2D eigenvalue weighted by Gasteiger charge is 2.04. The highest BCUT2D eigenvalue weighted by Crippen LogP contribution is 2.32. The quantitative estimate of drug-likeness (QED) is 0.702. The molecule has 0 saturated carbocycles. The summed E-state index contributed by atoms with van der Waals surface area (Å²) in [6, 6.07) is 5.93. The Kier molecular flexibility index (Phi) is 7.90. The first kappa shape index (κ1) is 16.0. The predicted molar refractivity (Wildman–Crippen MR) is 83.4 cm³/mol. The maximum Gasteiger partial charge on any atom is 0.147 e. The normalized spacial score (nSPS) is 10.9. The van der Waals surface area contributed by atoms with Gasteiger partial charge in [0.15, 0.2) is 0 Å². The minimum atomic E-state index is 0.670. The van der Waals surface area contributed by atoms with Crippen LogP contribution in [-0.4, -0.2) is 45.2 Å². The third-order valence-electron chi connectivity index (χ3n) is 2.40. The lowest BCUT2D eigenvalue weighted by molar-refractivity contribution is 0.307. The van der Waals surface area contributed by atoms with Crippen LogP contribution < -0.4 is 10.1 Å². The molecule has 0 bridgehead atoms. The van der Waals surface area contributed by atoms with E-state index >= 15 is 0 Å². The molecule has 0 saturated heterocycles. The predicted octanol–water partition coefficient (Wildman–Crippen LogP) is 3.13. The average molecular weight is 380 g/mol. The summed E-state index contributed by atoms with van der Waals surface area (Å²) in [5.74, 6) is 0.868. The largest absolute Gasteiger partial charge is 0.490 e. The summed E-state index contributed by atoms with van der Waals surface area (Å²) in [5.41, 5.74) is 0. The second-order valence-electron chi connectivity index (χ2n) is 4.31. The van der Waals surface area contributed by atoms with Crippen molar-refractivity contribution in [3.8, 4) is 5.75 Å². The molecule has 18 heavy (non-hydrogen) atoms. The molecular formula is C13H20Br2N2O. The fraction of sp³-hybridized carbons (Fsp3) is 0.538. The van der Waals surface area contributed by atoms with Gasteiger partial charge in [0.1, 0.15) is 12.4 Å². The zero-order valence-corrected chi connectivity index (χ0v) is 14.1. The summed E-state index contributed by atoms with van der Waals surface area (Å²) >= 11 is 6.95. The van der Waals surface area contributed by atoms with Crippen molar-refractivity contribution in [2.24, 2.45) is 0 Å². The summed E-state index contributed by atoms with van der Waals surface area (Å²) in [7, 11) is 4.18. The lowest BCUT2D eigenvalue weighted by Gasteiger charge is -2.12. The van der Waals surface area contributed by atoms with Crippen molar-refractivity contribution >= 4 is 31.9 Å². The summed E-state index contributed by atoms with van der Waals surface area (Å²) in [6.45, 7) is 3.67. The van der Waals surface area contributed by atoms with Crippen molar-refractivity contribution in [1.29, 1.82) is 0 Å². The van der Waals surface area contributed by atoms with Crippen LogP contribution in [0.2, 0.25) is 0 Å². The number of nitrogens with zero attached hydrogens (tertiary/aromatic N) is 1. The van der Waals surface area contributed by atoms with Gasteiger partial charge in [0.05, 0.1) is 8.95 Å². The van der Waals surface area contributed by atoms with Crippen LogP contribution in [-0.2, 0) is 0 Å². The van der Waals surface area contributed by atoms with E-state index in [9.17, 15) is 0 Å². The molecule has 0 spiro atoms. The molecule has 0 aromatic heterocycles. The molecular weight excluding hydrogens is 360 g/mol. The zero-order chi connectivity index (χ0) is 13.4. The Morgan fingerprint density at radius 1 is 1.17 bits per heavy atom. The molecule has 1 rings (SSSR count). The van der Waals surface area contributed by atoms with Crippen LogP contribution in [0.4, 0.5) is 0 Å². The zero-order valence-electron chi connectivity index (χ0n) is 10.9. The summed E-state index contributed by atoms with van der Waals surface area (Å²) in [4.78, 5) is 2.19. The molecule has 0 radical (unpaired) electrons. The van der Waals surface area contributed by atoms with Crippen molar-refractivity contribution in [1.82, 2.24) is 10.2 Å². The Labute approximate surface area is 126 Å². The topological polar surface area (TPSA) is 24.5 Å². The van der Waals surface area contributed by atoms with E-state index in [1.807, 2.05) is 18.2 Å². The van der Waals surface area contributed by atoms with Crippen LogP contribution >= 0.6 is 31.9 Å². The third-order valence-corrected chi connectivity index (χ3v) is 3.65. The molecule has 0 atom stereocenters. The van der Waals surface area contributed by atoms with Gasteiger partial charge in [0.2, 0.25) is 0 Å². The van der Waals surface area contributed by atoms with E-state index in [4.69, 9.17) is 4.74 Å². The SMILES string of the molecule is CN(C)CCCNCCOc1c(Br)cccc1Br. The fourth-order valence-corrected chi connectivity index (χ4v) is 2.72. The number of hydrogen-bond acceptors (Lipinski definition) is 3. The summed E-state index contributed by atoms with van der Waals surface area (Å²) < 4.78 is 7.68. The van der Waals surface area contributed by atoms with Crippen molar-refractivity contribution in [2.75, 3.05) is 40.3 Å². The Morgan fingerprint density at radius 2 is 1.83 bits per heavy atom. The van der Waals surface area contributed by atoms with Gasteiger partial charge in [0, 0.05) is 6.54 Å². The van der Waals surface area contributed by atoms with E-state index in [2.05, 4.69) is 56.2 Å². The van der Waals surface area contributed by atoms with Crippen LogP contribution in [0, 0.1) is 0 Å². The number of nitrogens with one attached hydrogen (secondary N) is 1. The number of hydrogen-bond donors (Lipinski definition) is 1. The molecule has 1 N–H and O–H groups in total. The van der Waals surface area contributed by atoms with E-state index in [0.717, 1.165) is 40.8 Å². The maximum absolute atomic E-state index is 5.73. The Hall–Kier alpha value is -0.100. The van der Waals surface area contributed by atoms with Crippen LogP contribution in [0.25, 0.3) is 0 Å². The molecule has 0 aliphatic rings. The van der Waals surface area contributed by atoms with E-state index < -0.39 is 0 Å².